The highest BCUT2D eigenvalue weighted by Gasteiger charge is 2.30. The molecule has 9 heteroatoms. The quantitative estimate of drug-likeness (QED) is 0.733. The smallest absolute Gasteiger partial charge is 0.243 e. The van der Waals surface area contributed by atoms with Crippen molar-refractivity contribution in [3.8, 4) is 0 Å². The van der Waals surface area contributed by atoms with E-state index in [-0.39, 0.29) is 17.3 Å². The lowest BCUT2D eigenvalue weighted by molar-refractivity contribution is -0.123. The van der Waals surface area contributed by atoms with Crippen molar-refractivity contribution in [3.63, 3.8) is 0 Å². The Morgan fingerprint density at radius 2 is 1.64 bits per heavy atom. The fourth-order valence-electron chi connectivity index (χ4n) is 3.86. The molecule has 2 fully saturated rings. The van der Waals surface area contributed by atoms with Crippen molar-refractivity contribution in [1.82, 2.24) is 9.21 Å². The molecule has 0 radical (unpaired) electrons. The predicted molar refractivity (Wildman–Crippen MR) is 106 cm³/mol. The van der Waals surface area contributed by atoms with E-state index in [1.54, 1.807) is 21.3 Å². The van der Waals surface area contributed by atoms with Gasteiger partial charge in [-0.15, -0.1) is 0 Å². The minimum absolute atomic E-state index is 0.0848. The molecule has 3 rings (SSSR count). The summed E-state index contributed by atoms with van der Waals surface area (Å²) in [6.07, 6.45) is 5.40. The van der Waals surface area contributed by atoms with E-state index in [0.29, 0.717) is 31.7 Å². The molecular weight excluding hydrogens is 380 g/mol. The maximum atomic E-state index is 12.8. The Hall–Kier alpha value is -1.97. The maximum Gasteiger partial charge on any atom is 0.243 e. The van der Waals surface area contributed by atoms with E-state index < -0.39 is 22.0 Å². The van der Waals surface area contributed by atoms with Gasteiger partial charge in [0, 0.05) is 18.8 Å². The third-order valence-electron chi connectivity index (χ3n) is 5.38. The fraction of sp³-hybridized carbons (Fsp3) is 0.579. The van der Waals surface area contributed by atoms with Gasteiger partial charge in [-0.25, -0.2) is 8.42 Å². The van der Waals surface area contributed by atoms with Gasteiger partial charge in [0.1, 0.15) is 0 Å². The van der Waals surface area contributed by atoms with Crippen LogP contribution < -0.4 is 11.1 Å². The minimum atomic E-state index is -3.51. The van der Waals surface area contributed by atoms with E-state index >= 15 is 0 Å². The summed E-state index contributed by atoms with van der Waals surface area (Å²) in [6.45, 7) is 1.85. The van der Waals surface area contributed by atoms with Crippen molar-refractivity contribution >= 4 is 27.5 Å². The highest BCUT2D eigenvalue weighted by atomic mass is 32.2. The molecule has 1 aromatic carbocycles. The number of hydrogen-bond acceptors (Lipinski definition) is 5. The number of nitrogens with zero attached hydrogens (tertiary/aromatic N) is 2. The number of rotatable bonds is 6. The fourth-order valence-corrected chi connectivity index (χ4v) is 5.38. The van der Waals surface area contributed by atoms with Gasteiger partial charge in [0.2, 0.25) is 21.8 Å². The van der Waals surface area contributed by atoms with Gasteiger partial charge in [0.25, 0.3) is 0 Å². The first-order valence-electron chi connectivity index (χ1n) is 9.81. The highest BCUT2D eigenvalue weighted by molar-refractivity contribution is 7.89. The molecule has 2 heterocycles. The van der Waals surface area contributed by atoms with E-state index in [1.165, 1.54) is 12.1 Å². The molecule has 1 aromatic rings. The average Bonchev–Trinajstić information content (AvgIpc) is 2.93. The van der Waals surface area contributed by atoms with E-state index in [9.17, 15) is 18.0 Å². The Balaban J connectivity index is 1.61. The van der Waals surface area contributed by atoms with Crippen LogP contribution in [0.5, 0.6) is 0 Å². The monoisotopic (exact) mass is 408 g/mol. The van der Waals surface area contributed by atoms with Crippen LogP contribution in [0.25, 0.3) is 0 Å². The summed E-state index contributed by atoms with van der Waals surface area (Å²) < 4.78 is 27.1. The molecule has 0 aliphatic carbocycles. The van der Waals surface area contributed by atoms with Crippen LogP contribution in [-0.4, -0.2) is 61.7 Å². The molecule has 0 bridgehead atoms. The first-order valence-corrected chi connectivity index (χ1v) is 11.3. The van der Waals surface area contributed by atoms with Gasteiger partial charge in [-0.3, -0.25) is 14.5 Å². The van der Waals surface area contributed by atoms with E-state index in [1.807, 2.05) is 0 Å². The zero-order chi connectivity index (χ0) is 20.1. The Kier molecular flexibility index (Phi) is 6.69. The van der Waals surface area contributed by atoms with Crippen LogP contribution in [0, 0.1) is 0 Å². The van der Waals surface area contributed by atoms with Crippen molar-refractivity contribution < 1.29 is 18.0 Å². The number of likely N-dealkylation sites (tertiary alicyclic amines) is 1. The molecule has 2 amide bonds. The zero-order valence-electron chi connectivity index (χ0n) is 16.0. The average molecular weight is 409 g/mol. The molecule has 3 N–H and O–H groups in total. The summed E-state index contributed by atoms with van der Waals surface area (Å²) in [5.74, 6) is -0.662. The lowest BCUT2D eigenvalue weighted by atomic mass is 10.2. The van der Waals surface area contributed by atoms with Gasteiger partial charge in [-0.1, -0.05) is 12.8 Å². The highest BCUT2D eigenvalue weighted by Crippen LogP contribution is 2.22. The minimum Gasteiger partial charge on any atom is -0.368 e. The molecule has 28 heavy (non-hydrogen) atoms. The normalized spacial score (nSPS) is 21.9. The lowest BCUT2D eigenvalue weighted by Crippen LogP contribution is -2.43. The lowest BCUT2D eigenvalue weighted by Gasteiger charge is -2.21. The Morgan fingerprint density at radius 1 is 1.00 bits per heavy atom. The van der Waals surface area contributed by atoms with Crippen molar-refractivity contribution in [2.75, 3.05) is 31.5 Å². The van der Waals surface area contributed by atoms with Crippen molar-refractivity contribution in [2.24, 2.45) is 5.73 Å². The first-order chi connectivity index (χ1) is 13.4. The number of anilines is 1. The Labute approximate surface area is 166 Å². The number of hydrogen-bond donors (Lipinski definition) is 2. The van der Waals surface area contributed by atoms with Gasteiger partial charge in [0.05, 0.1) is 17.5 Å². The van der Waals surface area contributed by atoms with E-state index in [2.05, 4.69) is 5.32 Å². The third-order valence-corrected chi connectivity index (χ3v) is 7.29. The number of sulfonamides is 1. The largest absolute Gasteiger partial charge is 0.368 e. The van der Waals surface area contributed by atoms with Crippen LogP contribution in [0.15, 0.2) is 29.2 Å². The number of benzene rings is 1. The van der Waals surface area contributed by atoms with Crippen LogP contribution in [0.4, 0.5) is 5.69 Å². The van der Waals surface area contributed by atoms with Gasteiger partial charge >= 0.3 is 0 Å². The summed E-state index contributed by atoms with van der Waals surface area (Å²) >= 11 is 0. The second-order valence-corrected chi connectivity index (χ2v) is 9.36. The number of nitrogens with one attached hydrogen (secondary N) is 1. The van der Waals surface area contributed by atoms with E-state index in [0.717, 1.165) is 32.1 Å². The predicted octanol–water partition coefficient (Wildman–Crippen LogP) is 1.14. The summed E-state index contributed by atoms with van der Waals surface area (Å²) in [5.41, 5.74) is 5.89. The molecule has 1 unspecified atom stereocenters. The van der Waals surface area contributed by atoms with Gasteiger partial charge in [0.15, 0.2) is 0 Å². The maximum absolute atomic E-state index is 12.8. The van der Waals surface area contributed by atoms with Crippen LogP contribution >= 0.6 is 0 Å². The van der Waals surface area contributed by atoms with Gasteiger partial charge < -0.3 is 11.1 Å². The Morgan fingerprint density at radius 3 is 2.25 bits per heavy atom. The van der Waals surface area contributed by atoms with Gasteiger partial charge in [-0.05, 0) is 56.5 Å². The summed E-state index contributed by atoms with van der Waals surface area (Å²) in [6, 6.07) is 5.85. The van der Waals surface area contributed by atoms with Gasteiger partial charge in [-0.2, -0.15) is 4.31 Å². The molecule has 0 saturated carbocycles. The standard InChI is InChI=1S/C19H28N4O4S/c20-19(25)17-6-5-11-22(17)14-18(24)21-15-7-9-16(10-8-15)28(26,27)23-12-3-1-2-4-13-23/h7-10,17H,1-6,11-14H2,(H2,20,25)(H,21,24). The zero-order valence-corrected chi connectivity index (χ0v) is 16.8. The molecule has 8 nitrogen and oxygen atoms in total. The van der Waals surface area contributed by atoms with E-state index in [4.69, 9.17) is 5.73 Å². The topological polar surface area (TPSA) is 113 Å². The summed E-state index contributed by atoms with van der Waals surface area (Å²) in [7, 11) is -3.51. The Bertz CT molecular complexity index is 802. The number of primary amides is 1. The first kappa shape index (κ1) is 20.8. The second-order valence-electron chi connectivity index (χ2n) is 7.42. The van der Waals surface area contributed by atoms with Crippen LogP contribution in [0.1, 0.15) is 38.5 Å². The molecule has 0 spiro atoms. The molecule has 154 valence electrons. The summed E-state index contributed by atoms with van der Waals surface area (Å²) in [4.78, 5) is 25.7. The molecule has 0 aromatic heterocycles. The molecule has 2 aliphatic heterocycles. The molecule has 1 atom stereocenters. The molecular formula is C19H28N4O4S. The number of carbonyl (C=O) groups is 2. The van der Waals surface area contributed by atoms with Crippen LogP contribution in [-0.2, 0) is 19.6 Å². The van der Waals surface area contributed by atoms with Crippen LogP contribution in [0.2, 0.25) is 0 Å². The number of nitrogens with two attached hydrogens (primary N) is 1. The third kappa shape index (κ3) is 4.89. The number of carbonyl (C=O) groups excluding carboxylic acids is 2. The molecule has 2 saturated heterocycles. The van der Waals surface area contributed by atoms with Crippen molar-refractivity contribution in [1.29, 1.82) is 0 Å². The summed E-state index contributed by atoms with van der Waals surface area (Å²) in [5, 5.41) is 2.76. The number of amides is 2. The van der Waals surface area contributed by atoms with Crippen molar-refractivity contribution in [3.05, 3.63) is 24.3 Å². The second kappa shape index (κ2) is 9.02. The SMILES string of the molecule is NC(=O)C1CCCN1CC(=O)Nc1ccc(S(=O)(=O)N2CCCCCC2)cc1. The van der Waals surface area contributed by atoms with Crippen LogP contribution in [0.3, 0.4) is 0 Å². The van der Waals surface area contributed by atoms with Crippen molar-refractivity contribution in [2.45, 2.75) is 49.5 Å². The molecule has 2 aliphatic rings.